The van der Waals surface area contributed by atoms with Gasteiger partial charge < -0.3 is 20.5 Å². The zero-order valence-corrected chi connectivity index (χ0v) is 15.6. The number of benzene rings is 2. The van der Waals surface area contributed by atoms with Crippen molar-refractivity contribution < 1.29 is 14.6 Å². The number of amides is 1. The van der Waals surface area contributed by atoms with Gasteiger partial charge >= 0.3 is 0 Å². The molecule has 0 bridgehead atoms. The molecule has 1 heterocycles. The first kappa shape index (κ1) is 18.3. The van der Waals surface area contributed by atoms with Crippen molar-refractivity contribution in [3.63, 3.8) is 0 Å². The summed E-state index contributed by atoms with van der Waals surface area (Å²) in [6, 6.07) is 8.61. The molecule has 26 heavy (non-hydrogen) atoms. The standard InChI is InChI=1S/C21H26N2O3/c1-13-9-16(24)10-14(2)18(13)12-19(22)21(25)23-8-4-5-15-11-17(26-3)6-7-20(15)23/h6-7,9-11,19,24H,4-5,8,12,22H2,1-3H3/t19-/m1/s1. The normalized spacial score (nSPS) is 14.7. The third-order valence-corrected chi connectivity index (χ3v) is 5.09. The molecule has 0 radical (unpaired) electrons. The number of anilines is 1. The lowest BCUT2D eigenvalue weighted by atomic mass is 9.94. The second-order valence-corrected chi connectivity index (χ2v) is 6.96. The Labute approximate surface area is 154 Å². The van der Waals surface area contributed by atoms with E-state index in [1.165, 1.54) is 0 Å². The fraction of sp³-hybridized carbons (Fsp3) is 0.381. The van der Waals surface area contributed by atoms with Gasteiger partial charge in [0, 0.05) is 12.2 Å². The van der Waals surface area contributed by atoms with E-state index >= 15 is 0 Å². The Morgan fingerprint density at radius 3 is 2.62 bits per heavy atom. The third kappa shape index (κ3) is 3.53. The molecule has 5 heteroatoms. The molecule has 138 valence electrons. The number of methoxy groups -OCH3 is 1. The van der Waals surface area contributed by atoms with Gasteiger partial charge in [-0.3, -0.25) is 4.79 Å². The number of phenolic OH excluding ortho intramolecular Hbond substituents is 1. The van der Waals surface area contributed by atoms with Gasteiger partial charge in [-0.25, -0.2) is 0 Å². The summed E-state index contributed by atoms with van der Waals surface area (Å²) in [4.78, 5) is 14.8. The van der Waals surface area contributed by atoms with Crippen LogP contribution in [-0.4, -0.2) is 30.7 Å². The maximum Gasteiger partial charge on any atom is 0.244 e. The first-order valence-corrected chi connectivity index (χ1v) is 8.93. The number of nitrogens with zero attached hydrogens (tertiary/aromatic N) is 1. The van der Waals surface area contributed by atoms with Gasteiger partial charge in [-0.05, 0) is 85.7 Å². The molecule has 0 spiro atoms. The third-order valence-electron chi connectivity index (χ3n) is 5.09. The first-order valence-electron chi connectivity index (χ1n) is 8.93. The van der Waals surface area contributed by atoms with E-state index in [2.05, 4.69) is 0 Å². The predicted molar refractivity (Wildman–Crippen MR) is 103 cm³/mol. The van der Waals surface area contributed by atoms with Gasteiger partial charge in [0.1, 0.15) is 11.5 Å². The lowest BCUT2D eigenvalue weighted by molar-refractivity contribution is -0.119. The van der Waals surface area contributed by atoms with Gasteiger partial charge in [0.15, 0.2) is 0 Å². The molecule has 2 aromatic rings. The highest BCUT2D eigenvalue weighted by Gasteiger charge is 2.27. The van der Waals surface area contributed by atoms with Gasteiger partial charge in [0.25, 0.3) is 0 Å². The van der Waals surface area contributed by atoms with Crippen LogP contribution in [0.1, 0.15) is 28.7 Å². The topological polar surface area (TPSA) is 75.8 Å². The highest BCUT2D eigenvalue weighted by atomic mass is 16.5. The number of aromatic hydroxyl groups is 1. The second kappa shape index (κ2) is 7.38. The maximum absolute atomic E-state index is 13.0. The molecule has 3 N–H and O–H groups in total. The largest absolute Gasteiger partial charge is 0.508 e. The molecule has 0 saturated carbocycles. The van der Waals surface area contributed by atoms with E-state index in [4.69, 9.17) is 10.5 Å². The summed E-state index contributed by atoms with van der Waals surface area (Å²) >= 11 is 0. The van der Waals surface area contributed by atoms with Crippen molar-refractivity contribution in [1.82, 2.24) is 0 Å². The van der Waals surface area contributed by atoms with Crippen LogP contribution in [-0.2, 0) is 17.6 Å². The Morgan fingerprint density at radius 2 is 1.96 bits per heavy atom. The van der Waals surface area contributed by atoms with Crippen molar-refractivity contribution in [3.8, 4) is 11.5 Å². The highest BCUT2D eigenvalue weighted by molar-refractivity contribution is 5.98. The lowest BCUT2D eigenvalue weighted by Crippen LogP contribution is -2.47. The first-order chi connectivity index (χ1) is 12.4. The van der Waals surface area contributed by atoms with Crippen molar-refractivity contribution in [1.29, 1.82) is 0 Å². The van der Waals surface area contributed by atoms with Crippen LogP contribution >= 0.6 is 0 Å². The molecule has 1 aliphatic rings. The molecule has 0 unspecified atom stereocenters. The molecule has 0 aromatic heterocycles. The molecule has 0 fully saturated rings. The Balaban J connectivity index is 1.82. The minimum atomic E-state index is -0.620. The fourth-order valence-corrected chi connectivity index (χ4v) is 3.73. The van der Waals surface area contributed by atoms with Crippen LogP contribution in [0.25, 0.3) is 0 Å². The second-order valence-electron chi connectivity index (χ2n) is 6.96. The van der Waals surface area contributed by atoms with Gasteiger partial charge in [0.2, 0.25) is 5.91 Å². The number of hydrogen-bond acceptors (Lipinski definition) is 4. The van der Waals surface area contributed by atoms with Crippen LogP contribution in [0.3, 0.4) is 0 Å². The number of nitrogens with two attached hydrogens (primary N) is 1. The van der Waals surface area contributed by atoms with Crippen LogP contribution in [0.15, 0.2) is 30.3 Å². The number of carbonyl (C=O) groups excluding carboxylic acids is 1. The number of carbonyl (C=O) groups is 1. The van der Waals surface area contributed by atoms with Crippen molar-refractivity contribution in [3.05, 3.63) is 52.6 Å². The molecule has 3 rings (SSSR count). The van der Waals surface area contributed by atoms with Gasteiger partial charge in [0.05, 0.1) is 13.2 Å². The average Bonchev–Trinajstić information content (AvgIpc) is 2.62. The van der Waals surface area contributed by atoms with Crippen LogP contribution in [0.5, 0.6) is 11.5 Å². The van der Waals surface area contributed by atoms with E-state index in [0.717, 1.165) is 46.5 Å². The molecular weight excluding hydrogens is 328 g/mol. The molecule has 0 saturated heterocycles. The Kier molecular flexibility index (Phi) is 5.18. The predicted octanol–water partition coefficient (Wildman–Crippen LogP) is 2.87. The summed E-state index contributed by atoms with van der Waals surface area (Å²) in [6.45, 7) is 4.54. The van der Waals surface area contributed by atoms with E-state index in [9.17, 15) is 9.90 Å². The summed E-state index contributed by atoms with van der Waals surface area (Å²) in [5, 5.41) is 9.70. The Hall–Kier alpha value is -2.53. The van der Waals surface area contributed by atoms with E-state index in [0.29, 0.717) is 13.0 Å². The zero-order chi connectivity index (χ0) is 18.8. The molecule has 5 nitrogen and oxygen atoms in total. The monoisotopic (exact) mass is 354 g/mol. The van der Waals surface area contributed by atoms with Crippen molar-refractivity contribution in [2.45, 2.75) is 39.2 Å². The minimum absolute atomic E-state index is 0.0667. The number of fused-ring (bicyclic) bond motifs is 1. The molecule has 1 aliphatic heterocycles. The van der Waals surface area contributed by atoms with E-state index in [1.54, 1.807) is 24.1 Å². The smallest absolute Gasteiger partial charge is 0.244 e. The van der Waals surface area contributed by atoms with Crippen LogP contribution in [0.2, 0.25) is 0 Å². The summed E-state index contributed by atoms with van der Waals surface area (Å²) < 4.78 is 5.29. The van der Waals surface area contributed by atoms with Crippen LogP contribution in [0, 0.1) is 13.8 Å². The van der Waals surface area contributed by atoms with Crippen molar-refractivity contribution in [2.75, 3.05) is 18.6 Å². The van der Waals surface area contributed by atoms with Gasteiger partial charge in [-0.1, -0.05) is 0 Å². The van der Waals surface area contributed by atoms with E-state index in [-0.39, 0.29) is 11.7 Å². The fourth-order valence-electron chi connectivity index (χ4n) is 3.73. The number of rotatable bonds is 4. The highest BCUT2D eigenvalue weighted by Crippen LogP contribution is 2.31. The van der Waals surface area contributed by atoms with Crippen molar-refractivity contribution in [2.24, 2.45) is 5.73 Å². The molecule has 1 amide bonds. The van der Waals surface area contributed by atoms with Crippen LogP contribution in [0.4, 0.5) is 5.69 Å². The molecular formula is C21H26N2O3. The van der Waals surface area contributed by atoms with Gasteiger partial charge in [-0.15, -0.1) is 0 Å². The quantitative estimate of drug-likeness (QED) is 0.885. The van der Waals surface area contributed by atoms with Crippen molar-refractivity contribution >= 4 is 11.6 Å². The molecule has 0 aliphatic carbocycles. The van der Waals surface area contributed by atoms with Crippen LogP contribution < -0.4 is 15.4 Å². The summed E-state index contributed by atoms with van der Waals surface area (Å²) in [7, 11) is 1.64. The Bertz CT molecular complexity index is 809. The molecule has 2 aromatic carbocycles. The summed E-state index contributed by atoms with van der Waals surface area (Å²) in [5.41, 5.74) is 11.3. The maximum atomic E-state index is 13.0. The summed E-state index contributed by atoms with van der Waals surface area (Å²) in [6.07, 6.45) is 2.30. The lowest BCUT2D eigenvalue weighted by Gasteiger charge is -2.32. The number of phenols is 1. The average molecular weight is 354 g/mol. The van der Waals surface area contributed by atoms with Gasteiger partial charge in [-0.2, -0.15) is 0 Å². The molecule has 1 atom stereocenters. The minimum Gasteiger partial charge on any atom is -0.508 e. The number of aryl methyl sites for hydroxylation is 3. The SMILES string of the molecule is COc1ccc2c(c1)CCCN2C(=O)[C@H](N)Cc1c(C)cc(O)cc1C. The summed E-state index contributed by atoms with van der Waals surface area (Å²) in [5.74, 6) is 0.975. The van der Waals surface area contributed by atoms with E-state index < -0.39 is 6.04 Å². The van der Waals surface area contributed by atoms with E-state index in [1.807, 2.05) is 32.0 Å². The number of hydrogen-bond donors (Lipinski definition) is 2. The Morgan fingerprint density at radius 1 is 1.27 bits per heavy atom. The zero-order valence-electron chi connectivity index (χ0n) is 15.6. The number of ether oxygens (including phenoxy) is 1.